The highest BCUT2D eigenvalue weighted by Crippen LogP contribution is 2.36. The lowest BCUT2D eigenvalue weighted by Gasteiger charge is -2.09. The zero-order chi connectivity index (χ0) is 18.9. The quantitative estimate of drug-likeness (QED) is 0.724. The molecule has 0 bridgehead atoms. The molecule has 2 aromatic rings. The average Bonchev–Trinajstić information content (AvgIpc) is 3.04. The van der Waals surface area contributed by atoms with Gasteiger partial charge in [0.2, 0.25) is 6.79 Å². The molecule has 0 N–H and O–H groups in total. The van der Waals surface area contributed by atoms with Gasteiger partial charge in [-0.05, 0) is 43.5 Å². The fourth-order valence-electron chi connectivity index (χ4n) is 2.83. The SMILES string of the molecule is Cc1cc(CC(=O)c2ccc(CS(=O)(=O)C(C)C)cc2)cc2c1OCO2. The number of benzene rings is 2. The second-order valence-electron chi connectivity index (χ2n) is 6.80. The first-order valence-corrected chi connectivity index (χ1v) is 10.2. The van der Waals surface area contributed by atoms with E-state index in [1.165, 1.54) is 0 Å². The first-order chi connectivity index (χ1) is 12.3. The van der Waals surface area contributed by atoms with E-state index in [4.69, 9.17) is 9.47 Å². The number of ether oxygens (including phenoxy) is 2. The molecule has 0 saturated heterocycles. The molecule has 0 amide bonds. The van der Waals surface area contributed by atoms with Crippen molar-refractivity contribution in [3.63, 3.8) is 0 Å². The summed E-state index contributed by atoms with van der Waals surface area (Å²) in [6.07, 6.45) is 0.251. The van der Waals surface area contributed by atoms with E-state index in [0.717, 1.165) is 16.9 Å². The van der Waals surface area contributed by atoms with E-state index in [1.807, 2.05) is 19.1 Å². The van der Waals surface area contributed by atoms with Crippen LogP contribution < -0.4 is 9.47 Å². The summed E-state index contributed by atoms with van der Waals surface area (Å²) in [5.74, 6) is 1.36. The van der Waals surface area contributed by atoms with Crippen molar-refractivity contribution in [3.8, 4) is 11.5 Å². The van der Waals surface area contributed by atoms with Crippen molar-refractivity contribution < 1.29 is 22.7 Å². The minimum Gasteiger partial charge on any atom is -0.454 e. The lowest BCUT2D eigenvalue weighted by molar-refractivity contribution is 0.0993. The summed E-state index contributed by atoms with van der Waals surface area (Å²) in [4.78, 5) is 12.5. The lowest BCUT2D eigenvalue weighted by atomic mass is 10.00. The van der Waals surface area contributed by atoms with Gasteiger partial charge in [0.25, 0.3) is 0 Å². The fraction of sp³-hybridized carbons (Fsp3) is 0.350. The third-order valence-electron chi connectivity index (χ3n) is 4.44. The topological polar surface area (TPSA) is 69.7 Å². The van der Waals surface area contributed by atoms with Crippen LogP contribution in [0.1, 0.15) is 40.9 Å². The number of hydrogen-bond acceptors (Lipinski definition) is 5. The molecule has 0 fully saturated rings. The third-order valence-corrected chi connectivity index (χ3v) is 6.62. The van der Waals surface area contributed by atoms with Gasteiger partial charge in [-0.15, -0.1) is 0 Å². The van der Waals surface area contributed by atoms with E-state index in [1.54, 1.807) is 38.1 Å². The van der Waals surface area contributed by atoms with Crippen molar-refractivity contribution in [2.45, 2.75) is 38.2 Å². The van der Waals surface area contributed by atoms with Gasteiger partial charge >= 0.3 is 0 Å². The molecule has 0 saturated carbocycles. The number of aryl methyl sites for hydroxylation is 1. The van der Waals surface area contributed by atoms with Crippen LogP contribution in [0.2, 0.25) is 0 Å². The summed E-state index contributed by atoms with van der Waals surface area (Å²) in [7, 11) is -3.15. The molecule has 6 heteroatoms. The molecule has 0 aliphatic carbocycles. The number of rotatable bonds is 6. The number of carbonyl (C=O) groups is 1. The van der Waals surface area contributed by atoms with Crippen molar-refractivity contribution in [3.05, 3.63) is 58.7 Å². The molecule has 1 aliphatic heterocycles. The number of hydrogen-bond donors (Lipinski definition) is 0. The molecule has 0 spiro atoms. The van der Waals surface area contributed by atoms with E-state index in [-0.39, 0.29) is 24.7 Å². The van der Waals surface area contributed by atoms with Crippen LogP contribution in [0.3, 0.4) is 0 Å². The summed E-state index contributed by atoms with van der Waals surface area (Å²) in [6, 6.07) is 10.5. The van der Waals surface area contributed by atoms with E-state index in [0.29, 0.717) is 16.9 Å². The molecule has 0 aromatic heterocycles. The second kappa shape index (κ2) is 7.11. The maximum Gasteiger partial charge on any atom is 0.231 e. The number of carbonyl (C=O) groups excluding carboxylic acids is 1. The smallest absolute Gasteiger partial charge is 0.231 e. The summed E-state index contributed by atoms with van der Waals surface area (Å²) in [5.41, 5.74) is 3.06. The van der Waals surface area contributed by atoms with Gasteiger partial charge in [0.05, 0.1) is 11.0 Å². The standard InChI is InChI=1S/C20H22O5S/c1-13(2)26(22,23)11-15-4-6-17(7-5-15)18(21)9-16-8-14(3)20-19(10-16)24-12-25-20/h4-8,10,13H,9,11-12H2,1-3H3. The first kappa shape index (κ1) is 18.5. The summed E-state index contributed by atoms with van der Waals surface area (Å²) in [5, 5.41) is -0.418. The monoisotopic (exact) mass is 374 g/mol. The highest BCUT2D eigenvalue weighted by Gasteiger charge is 2.19. The van der Waals surface area contributed by atoms with Gasteiger partial charge in [-0.25, -0.2) is 8.42 Å². The van der Waals surface area contributed by atoms with Crippen LogP contribution in [0, 0.1) is 6.92 Å². The van der Waals surface area contributed by atoms with Gasteiger partial charge < -0.3 is 9.47 Å². The van der Waals surface area contributed by atoms with Crippen LogP contribution in [0.5, 0.6) is 11.5 Å². The molecule has 5 nitrogen and oxygen atoms in total. The van der Waals surface area contributed by atoms with Crippen LogP contribution in [-0.2, 0) is 22.0 Å². The molecule has 0 unspecified atom stereocenters. The summed E-state index contributed by atoms with van der Waals surface area (Å²) in [6.45, 7) is 5.46. The second-order valence-corrected chi connectivity index (χ2v) is 9.36. The van der Waals surface area contributed by atoms with Gasteiger partial charge in [0, 0.05) is 12.0 Å². The highest BCUT2D eigenvalue weighted by atomic mass is 32.2. The van der Waals surface area contributed by atoms with Crippen molar-refractivity contribution in [2.24, 2.45) is 0 Å². The zero-order valence-corrected chi connectivity index (χ0v) is 15.9. The zero-order valence-electron chi connectivity index (χ0n) is 15.1. The largest absolute Gasteiger partial charge is 0.454 e. The predicted octanol–water partition coefficient (Wildman–Crippen LogP) is 3.47. The number of fused-ring (bicyclic) bond motifs is 1. The number of ketones is 1. The maximum absolute atomic E-state index is 12.5. The lowest BCUT2D eigenvalue weighted by Crippen LogP contribution is -2.16. The Labute approximate surface area is 153 Å². The fourth-order valence-corrected chi connectivity index (χ4v) is 3.82. The molecule has 1 heterocycles. The van der Waals surface area contributed by atoms with Crippen LogP contribution in [0.15, 0.2) is 36.4 Å². The predicted molar refractivity (Wildman–Crippen MR) is 99.5 cm³/mol. The molecule has 138 valence electrons. The Morgan fingerprint density at radius 1 is 1.08 bits per heavy atom. The molecule has 26 heavy (non-hydrogen) atoms. The normalized spacial score (nSPS) is 13.2. The third kappa shape index (κ3) is 3.90. The van der Waals surface area contributed by atoms with Gasteiger partial charge in [0.15, 0.2) is 27.1 Å². The van der Waals surface area contributed by atoms with Crippen LogP contribution in [0.25, 0.3) is 0 Å². The number of sulfone groups is 1. The molecule has 2 aromatic carbocycles. The minimum absolute atomic E-state index is 0.0134. The van der Waals surface area contributed by atoms with E-state index in [9.17, 15) is 13.2 Å². The van der Waals surface area contributed by atoms with Crippen molar-refractivity contribution in [1.82, 2.24) is 0 Å². The molecule has 1 aliphatic rings. The Hall–Kier alpha value is -2.34. The summed E-state index contributed by atoms with van der Waals surface area (Å²) < 4.78 is 34.8. The van der Waals surface area contributed by atoms with Gasteiger partial charge in [-0.3, -0.25) is 4.79 Å². The molecular formula is C20H22O5S. The Morgan fingerprint density at radius 3 is 2.42 bits per heavy atom. The van der Waals surface area contributed by atoms with Gasteiger partial charge in [0.1, 0.15) is 0 Å². The van der Waals surface area contributed by atoms with E-state index < -0.39 is 15.1 Å². The Morgan fingerprint density at radius 2 is 1.77 bits per heavy atom. The Bertz CT molecular complexity index is 927. The Kier molecular flexibility index (Phi) is 5.05. The molecule has 0 radical (unpaired) electrons. The van der Waals surface area contributed by atoms with Crippen molar-refractivity contribution in [1.29, 1.82) is 0 Å². The minimum atomic E-state index is -3.15. The summed E-state index contributed by atoms with van der Waals surface area (Å²) >= 11 is 0. The van der Waals surface area contributed by atoms with E-state index in [2.05, 4.69) is 0 Å². The highest BCUT2D eigenvalue weighted by molar-refractivity contribution is 7.91. The molecule has 0 atom stereocenters. The Balaban J connectivity index is 1.72. The van der Waals surface area contributed by atoms with Crippen LogP contribution >= 0.6 is 0 Å². The maximum atomic E-state index is 12.5. The van der Waals surface area contributed by atoms with Crippen LogP contribution in [-0.4, -0.2) is 26.2 Å². The van der Waals surface area contributed by atoms with E-state index >= 15 is 0 Å². The van der Waals surface area contributed by atoms with Gasteiger partial charge in [-0.1, -0.05) is 30.3 Å². The average molecular weight is 374 g/mol. The first-order valence-electron chi connectivity index (χ1n) is 8.49. The van der Waals surface area contributed by atoms with Crippen molar-refractivity contribution >= 4 is 15.6 Å². The van der Waals surface area contributed by atoms with Gasteiger partial charge in [-0.2, -0.15) is 0 Å². The van der Waals surface area contributed by atoms with Crippen LogP contribution in [0.4, 0.5) is 0 Å². The number of Topliss-reactive ketones (excluding diaryl/α,β-unsaturated/α-hetero) is 1. The van der Waals surface area contributed by atoms with Crippen molar-refractivity contribution in [2.75, 3.05) is 6.79 Å². The molecule has 3 rings (SSSR count). The molecular weight excluding hydrogens is 352 g/mol.